The highest BCUT2D eigenvalue weighted by molar-refractivity contribution is 5.66. The third kappa shape index (κ3) is 2.08. The van der Waals surface area contributed by atoms with Gasteiger partial charge >= 0.3 is 11.7 Å². The summed E-state index contributed by atoms with van der Waals surface area (Å²) in [6.45, 7) is 0.136. The lowest BCUT2D eigenvalue weighted by Crippen LogP contribution is -2.19. The molecule has 1 aliphatic rings. The maximum atomic E-state index is 11.3. The lowest BCUT2D eigenvalue weighted by molar-refractivity contribution is -0.137. The summed E-state index contributed by atoms with van der Waals surface area (Å²) in [5, 5.41) is 12.6. The van der Waals surface area contributed by atoms with E-state index < -0.39 is 5.97 Å². The van der Waals surface area contributed by atoms with Gasteiger partial charge in [-0.1, -0.05) is 6.42 Å². The van der Waals surface area contributed by atoms with Crippen LogP contribution in [0, 0.1) is 0 Å². The molecular formula is C9H13N3O3. The van der Waals surface area contributed by atoms with E-state index in [1.807, 2.05) is 0 Å². The molecule has 1 aliphatic carbocycles. The number of nitrogens with zero attached hydrogens (tertiary/aromatic N) is 2. The van der Waals surface area contributed by atoms with E-state index in [1.165, 1.54) is 11.1 Å². The number of carboxylic acid groups (broad SMARTS) is 1. The fourth-order valence-corrected chi connectivity index (χ4v) is 1.59. The number of nitrogens with one attached hydrogen (secondary N) is 1. The van der Waals surface area contributed by atoms with Gasteiger partial charge in [0.15, 0.2) is 0 Å². The van der Waals surface area contributed by atoms with Crippen molar-refractivity contribution in [2.45, 2.75) is 38.1 Å². The molecule has 1 heterocycles. The monoisotopic (exact) mass is 211 g/mol. The Morgan fingerprint density at radius 2 is 2.33 bits per heavy atom. The molecule has 0 spiro atoms. The van der Waals surface area contributed by atoms with Crippen molar-refractivity contribution in [3.63, 3.8) is 0 Å². The van der Waals surface area contributed by atoms with Crippen LogP contribution in [0.15, 0.2) is 4.79 Å². The Labute approximate surface area is 85.9 Å². The van der Waals surface area contributed by atoms with Gasteiger partial charge in [0.05, 0.1) is 13.0 Å². The molecule has 0 aliphatic heterocycles. The normalized spacial score (nSPS) is 16.3. The van der Waals surface area contributed by atoms with Gasteiger partial charge in [-0.2, -0.15) is 5.10 Å². The molecule has 1 saturated carbocycles. The minimum Gasteiger partial charge on any atom is -0.481 e. The molecule has 1 fully saturated rings. The van der Waals surface area contributed by atoms with Crippen LogP contribution in [0.5, 0.6) is 0 Å². The molecule has 6 nitrogen and oxygen atoms in total. The number of aryl methyl sites for hydroxylation is 1. The lowest BCUT2D eigenvalue weighted by atomic mass is 9.85. The predicted molar refractivity (Wildman–Crippen MR) is 51.7 cm³/mol. The number of aromatic nitrogens is 3. The molecular weight excluding hydrogens is 198 g/mol. The SMILES string of the molecule is O=C(O)CCn1nc(C2CCC2)[nH]c1=O. The van der Waals surface area contributed by atoms with E-state index in [0.29, 0.717) is 11.7 Å². The summed E-state index contributed by atoms with van der Waals surface area (Å²) < 4.78 is 1.20. The van der Waals surface area contributed by atoms with E-state index in [2.05, 4.69) is 10.1 Å². The number of carboxylic acids is 1. The second kappa shape index (κ2) is 3.88. The third-order valence-corrected chi connectivity index (χ3v) is 2.73. The lowest BCUT2D eigenvalue weighted by Gasteiger charge is -2.22. The maximum Gasteiger partial charge on any atom is 0.343 e. The molecule has 0 bridgehead atoms. The van der Waals surface area contributed by atoms with Crippen LogP contribution in [0.3, 0.4) is 0 Å². The quantitative estimate of drug-likeness (QED) is 0.750. The molecule has 0 aromatic carbocycles. The van der Waals surface area contributed by atoms with Crippen molar-refractivity contribution in [1.29, 1.82) is 0 Å². The first-order chi connectivity index (χ1) is 7.16. The zero-order valence-electron chi connectivity index (χ0n) is 8.27. The van der Waals surface area contributed by atoms with Crippen molar-refractivity contribution < 1.29 is 9.90 Å². The fourth-order valence-electron chi connectivity index (χ4n) is 1.59. The Morgan fingerprint density at radius 3 is 2.87 bits per heavy atom. The van der Waals surface area contributed by atoms with Crippen LogP contribution in [0.25, 0.3) is 0 Å². The Hall–Kier alpha value is -1.59. The van der Waals surface area contributed by atoms with Gasteiger partial charge in [0.25, 0.3) is 0 Å². The highest BCUT2D eigenvalue weighted by Gasteiger charge is 2.23. The molecule has 2 N–H and O–H groups in total. The molecule has 1 aromatic rings. The number of carbonyl (C=O) groups is 1. The summed E-state index contributed by atoms with van der Waals surface area (Å²) >= 11 is 0. The summed E-state index contributed by atoms with van der Waals surface area (Å²) in [4.78, 5) is 24.4. The number of hydrogen-bond donors (Lipinski definition) is 2. The first-order valence-electron chi connectivity index (χ1n) is 5.05. The molecule has 2 rings (SSSR count). The fraction of sp³-hybridized carbons (Fsp3) is 0.667. The van der Waals surface area contributed by atoms with Gasteiger partial charge in [-0.05, 0) is 12.8 Å². The number of aliphatic carboxylic acids is 1. The van der Waals surface area contributed by atoms with Crippen molar-refractivity contribution in [1.82, 2.24) is 14.8 Å². The highest BCUT2D eigenvalue weighted by atomic mass is 16.4. The number of rotatable bonds is 4. The Morgan fingerprint density at radius 1 is 1.60 bits per heavy atom. The van der Waals surface area contributed by atoms with Gasteiger partial charge in [-0.15, -0.1) is 0 Å². The molecule has 0 amide bonds. The van der Waals surface area contributed by atoms with Crippen molar-refractivity contribution in [3.05, 3.63) is 16.3 Å². The van der Waals surface area contributed by atoms with Crippen molar-refractivity contribution in [2.75, 3.05) is 0 Å². The molecule has 6 heteroatoms. The van der Waals surface area contributed by atoms with E-state index in [1.54, 1.807) is 0 Å². The van der Waals surface area contributed by atoms with Gasteiger partial charge in [0.2, 0.25) is 0 Å². The van der Waals surface area contributed by atoms with Crippen LogP contribution >= 0.6 is 0 Å². The summed E-state index contributed by atoms with van der Waals surface area (Å²) in [5.41, 5.74) is -0.307. The molecule has 82 valence electrons. The molecule has 0 atom stereocenters. The first-order valence-corrected chi connectivity index (χ1v) is 5.05. The summed E-state index contributed by atoms with van der Waals surface area (Å²) in [5.74, 6) is 0.149. The third-order valence-electron chi connectivity index (χ3n) is 2.73. The summed E-state index contributed by atoms with van der Waals surface area (Å²) in [7, 11) is 0. The Bertz CT molecular complexity index is 416. The smallest absolute Gasteiger partial charge is 0.343 e. The molecule has 0 saturated heterocycles. The predicted octanol–water partition coefficient (Wildman–Crippen LogP) is 0.314. The molecule has 0 radical (unpaired) electrons. The summed E-state index contributed by atoms with van der Waals surface area (Å²) in [6, 6.07) is 0. The van der Waals surface area contributed by atoms with E-state index in [-0.39, 0.29) is 18.7 Å². The Balaban J connectivity index is 2.07. The van der Waals surface area contributed by atoms with Crippen LogP contribution in [0.4, 0.5) is 0 Å². The maximum absolute atomic E-state index is 11.3. The molecule has 0 unspecified atom stereocenters. The minimum atomic E-state index is -0.921. The first kappa shape index (κ1) is 9.95. The standard InChI is InChI=1S/C9H13N3O3/c13-7(14)4-5-12-9(15)10-8(11-12)6-2-1-3-6/h6H,1-5H2,(H,13,14)(H,10,11,15). The zero-order chi connectivity index (χ0) is 10.8. The zero-order valence-corrected chi connectivity index (χ0v) is 8.27. The van der Waals surface area contributed by atoms with Gasteiger partial charge in [-0.25, -0.2) is 9.48 Å². The average molecular weight is 211 g/mol. The number of aromatic amines is 1. The van der Waals surface area contributed by atoms with Gasteiger partial charge in [-0.3, -0.25) is 9.78 Å². The average Bonchev–Trinajstić information content (AvgIpc) is 2.40. The molecule has 15 heavy (non-hydrogen) atoms. The van der Waals surface area contributed by atoms with Gasteiger partial charge in [0.1, 0.15) is 5.82 Å². The van der Waals surface area contributed by atoms with E-state index in [9.17, 15) is 9.59 Å². The summed E-state index contributed by atoms with van der Waals surface area (Å²) in [6.07, 6.45) is 3.22. The topological polar surface area (TPSA) is 88.0 Å². The van der Waals surface area contributed by atoms with Crippen molar-refractivity contribution in [3.8, 4) is 0 Å². The van der Waals surface area contributed by atoms with Crippen LogP contribution in [0.2, 0.25) is 0 Å². The van der Waals surface area contributed by atoms with Crippen molar-refractivity contribution in [2.24, 2.45) is 0 Å². The molecule has 1 aromatic heterocycles. The van der Waals surface area contributed by atoms with Crippen LogP contribution in [-0.2, 0) is 11.3 Å². The minimum absolute atomic E-state index is 0.0745. The van der Waals surface area contributed by atoms with Gasteiger partial charge in [0, 0.05) is 5.92 Å². The Kier molecular flexibility index (Phi) is 2.57. The van der Waals surface area contributed by atoms with Crippen LogP contribution < -0.4 is 5.69 Å². The van der Waals surface area contributed by atoms with E-state index in [4.69, 9.17) is 5.11 Å². The van der Waals surface area contributed by atoms with Crippen LogP contribution in [-0.4, -0.2) is 25.8 Å². The number of H-pyrrole nitrogens is 1. The second-order valence-electron chi connectivity index (χ2n) is 3.81. The van der Waals surface area contributed by atoms with Crippen LogP contribution in [0.1, 0.15) is 37.4 Å². The van der Waals surface area contributed by atoms with Gasteiger partial charge < -0.3 is 5.11 Å². The number of hydrogen-bond acceptors (Lipinski definition) is 3. The van der Waals surface area contributed by atoms with E-state index >= 15 is 0 Å². The highest BCUT2D eigenvalue weighted by Crippen LogP contribution is 2.33. The largest absolute Gasteiger partial charge is 0.481 e. The van der Waals surface area contributed by atoms with E-state index in [0.717, 1.165) is 12.8 Å². The van der Waals surface area contributed by atoms with Crippen molar-refractivity contribution >= 4 is 5.97 Å². The second-order valence-corrected chi connectivity index (χ2v) is 3.81.